The van der Waals surface area contributed by atoms with Crippen LogP contribution in [0, 0.1) is 5.41 Å². The van der Waals surface area contributed by atoms with Crippen LogP contribution >= 0.6 is 24.0 Å². The summed E-state index contributed by atoms with van der Waals surface area (Å²) in [6, 6.07) is 2.00. The molecule has 1 spiro atoms. The van der Waals surface area contributed by atoms with E-state index < -0.39 is 0 Å². The lowest BCUT2D eigenvalue weighted by Gasteiger charge is -2.44. The fourth-order valence-corrected chi connectivity index (χ4v) is 4.17. The smallest absolute Gasteiger partial charge is 0.193 e. The Morgan fingerprint density at radius 1 is 1.26 bits per heavy atom. The first kappa shape index (κ1) is 18.5. The molecule has 1 aromatic rings. The molecule has 1 saturated heterocycles. The fourth-order valence-electron chi connectivity index (χ4n) is 4.17. The molecule has 0 aromatic carbocycles. The van der Waals surface area contributed by atoms with Gasteiger partial charge in [-0.15, -0.1) is 24.0 Å². The molecule has 6 heteroatoms. The molecule has 130 valence electrons. The number of piperidine rings is 1. The first-order valence-electron chi connectivity index (χ1n) is 8.75. The van der Waals surface area contributed by atoms with Gasteiger partial charge in [-0.25, -0.2) is 0 Å². The summed E-state index contributed by atoms with van der Waals surface area (Å²) >= 11 is 0. The molecule has 23 heavy (non-hydrogen) atoms. The molecule has 2 heterocycles. The van der Waals surface area contributed by atoms with Gasteiger partial charge in [-0.3, -0.25) is 10.1 Å². The van der Waals surface area contributed by atoms with Gasteiger partial charge < -0.3 is 10.2 Å². The second-order valence-corrected chi connectivity index (χ2v) is 6.92. The number of likely N-dealkylation sites (tertiary alicyclic amines) is 1. The Bertz CT molecular complexity index is 477. The van der Waals surface area contributed by atoms with Crippen LogP contribution in [-0.4, -0.2) is 41.2 Å². The number of hydrogen-bond donors (Lipinski definition) is 2. The van der Waals surface area contributed by atoms with E-state index in [1.54, 1.807) is 6.20 Å². The van der Waals surface area contributed by atoms with Crippen LogP contribution in [0.1, 0.15) is 57.1 Å². The Morgan fingerprint density at radius 2 is 2.00 bits per heavy atom. The van der Waals surface area contributed by atoms with Gasteiger partial charge in [0, 0.05) is 26.3 Å². The van der Waals surface area contributed by atoms with E-state index in [0.717, 1.165) is 24.7 Å². The zero-order valence-corrected chi connectivity index (χ0v) is 16.5. The number of H-pyrrole nitrogens is 1. The normalized spacial score (nSPS) is 21.6. The van der Waals surface area contributed by atoms with Crippen molar-refractivity contribution in [3.8, 4) is 0 Å². The number of nitrogens with one attached hydrogen (secondary N) is 2. The lowest BCUT2D eigenvalue weighted by molar-refractivity contribution is 0.115. The molecule has 1 aliphatic heterocycles. The minimum Gasteiger partial charge on any atom is -0.351 e. The van der Waals surface area contributed by atoms with Gasteiger partial charge in [0.05, 0.1) is 12.2 Å². The number of aliphatic imine (C=N–C) groups is 1. The van der Waals surface area contributed by atoms with Crippen LogP contribution in [0.15, 0.2) is 17.3 Å². The van der Waals surface area contributed by atoms with Gasteiger partial charge >= 0.3 is 0 Å². The molecule has 1 aliphatic carbocycles. The molecule has 0 atom stereocenters. The number of halogens is 1. The van der Waals surface area contributed by atoms with Crippen LogP contribution in [0.2, 0.25) is 0 Å². The number of nitrogens with zero attached hydrogens (tertiary/aromatic N) is 3. The van der Waals surface area contributed by atoms with Crippen molar-refractivity contribution < 1.29 is 0 Å². The summed E-state index contributed by atoms with van der Waals surface area (Å²) in [6.45, 7) is 3.07. The molecule has 1 saturated carbocycles. The molecule has 1 aromatic heterocycles. The highest BCUT2D eigenvalue weighted by Crippen LogP contribution is 2.42. The highest BCUT2D eigenvalue weighted by Gasteiger charge is 2.36. The number of hydrogen-bond acceptors (Lipinski definition) is 2. The van der Waals surface area contributed by atoms with Gasteiger partial charge in [-0.2, -0.15) is 5.10 Å². The van der Waals surface area contributed by atoms with E-state index in [-0.39, 0.29) is 24.0 Å². The highest BCUT2D eigenvalue weighted by atomic mass is 127. The van der Waals surface area contributed by atoms with Crippen LogP contribution in [-0.2, 0) is 6.54 Å². The average Bonchev–Trinajstić information content (AvgIpc) is 2.96. The Hall–Kier alpha value is -0.790. The van der Waals surface area contributed by atoms with Crippen molar-refractivity contribution in [3.63, 3.8) is 0 Å². The molecule has 0 radical (unpaired) electrons. The number of aromatic nitrogens is 2. The van der Waals surface area contributed by atoms with Crippen LogP contribution in [0.3, 0.4) is 0 Å². The Morgan fingerprint density at radius 3 is 2.65 bits per heavy atom. The average molecular weight is 431 g/mol. The van der Waals surface area contributed by atoms with Crippen molar-refractivity contribution in [2.24, 2.45) is 10.4 Å². The zero-order chi connectivity index (χ0) is 15.3. The van der Waals surface area contributed by atoms with E-state index in [1.165, 1.54) is 57.9 Å². The highest BCUT2D eigenvalue weighted by molar-refractivity contribution is 14.0. The maximum Gasteiger partial charge on any atom is 0.193 e. The SMILES string of the molecule is CN=C(NCc1ccn[nH]1)N1CCCC2(CCCCCC2)C1.I. The van der Waals surface area contributed by atoms with Crippen molar-refractivity contribution in [1.82, 2.24) is 20.4 Å². The Kier molecular flexibility index (Phi) is 7.17. The second-order valence-electron chi connectivity index (χ2n) is 6.92. The van der Waals surface area contributed by atoms with E-state index in [4.69, 9.17) is 0 Å². The van der Waals surface area contributed by atoms with Crippen molar-refractivity contribution in [3.05, 3.63) is 18.0 Å². The monoisotopic (exact) mass is 431 g/mol. The maximum absolute atomic E-state index is 4.51. The number of guanidine groups is 1. The standard InChI is InChI=1S/C17H29N5.HI/c1-18-16(19-13-15-7-11-20-21-15)22-12-6-10-17(14-22)8-4-2-3-5-9-17;/h7,11H,2-6,8-10,12-14H2,1H3,(H,18,19)(H,20,21);1H. The molecule has 0 unspecified atom stereocenters. The summed E-state index contributed by atoms with van der Waals surface area (Å²) in [4.78, 5) is 6.99. The van der Waals surface area contributed by atoms with Crippen molar-refractivity contribution in [2.75, 3.05) is 20.1 Å². The lowest BCUT2D eigenvalue weighted by atomic mass is 9.74. The van der Waals surface area contributed by atoms with Crippen LogP contribution in [0.4, 0.5) is 0 Å². The largest absolute Gasteiger partial charge is 0.351 e. The maximum atomic E-state index is 4.51. The molecule has 0 bridgehead atoms. The predicted octanol–water partition coefficient (Wildman–Crippen LogP) is 3.54. The first-order chi connectivity index (χ1) is 10.8. The number of rotatable bonds is 2. The van der Waals surface area contributed by atoms with E-state index in [0.29, 0.717) is 5.41 Å². The number of aromatic amines is 1. The molecular weight excluding hydrogens is 401 g/mol. The molecule has 2 aliphatic rings. The topological polar surface area (TPSA) is 56.3 Å². The van der Waals surface area contributed by atoms with Gasteiger partial charge in [-0.05, 0) is 37.2 Å². The van der Waals surface area contributed by atoms with Gasteiger partial charge in [-0.1, -0.05) is 25.7 Å². The summed E-state index contributed by atoms with van der Waals surface area (Å²) in [5.74, 6) is 1.04. The van der Waals surface area contributed by atoms with Gasteiger partial charge in [0.25, 0.3) is 0 Å². The van der Waals surface area contributed by atoms with Crippen LogP contribution in [0.25, 0.3) is 0 Å². The molecule has 3 rings (SSSR count). The quantitative estimate of drug-likeness (QED) is 0.428. The van der Waals surface area contributed by atoms with Gasteiger partial charge in [0.15, 0.2) is 5.96 Å². The van der Waals surface area contributed by atoms with Crippen molar-refractivity contribution >= 4 is 29.9 Å². The second kappa shape index (κ2) is 8.89. The van der Waals surface area contributed by atoms with E-state index in [2.05, 4.69) is 25.4 Å². The third-order valence-electron chi connectivity index (χ3n) is 5.33. The van der Waals surface area contributed by atoms with Crippen molar-refractivity contribution in [2.45, 2.75) is 57.9 Å². The summed E-state index contributed by atoms with van der Waals surface area (Å²) in [5, 5.41) is 10.5. The summed E-state index contributed by atoms with van der Waals surface area (Å²) in [5.41, 5.74) is 1.64. The summed E-state index contributed by atoms with van der Waals surface area (Å²) in [6.07, 6.45) is 13.0. The van der Waals surface area contributed by atoms with Crippen LogP contribution in [0.5, 0.6) is 0 Å². The molecule has 5 nitrogen and oxygen atoms in total. The van der Waals surface area contributed by atoms with Crippen molar-refractivity contribution in [1.29, 1.82) is 0 Å². The van der Waals surface area contributed by atoms with Gasteiger partial charge in [0.2, 0.25) is 0 Å². The molecule has 2 fully saturated rings. The summed E-state index contributed by atoms with van der Waals surface area (Å²) in [7, 11) is 1.89. The Balaban J connectivity index is 0.00000192. The molecular formula is C17H30IN5. The van der Waals surface area contributed by atoms with E-state index in [9.17, 15) is 0 Å². The fraction of sp³-hybridized carbons (Fsp3) is 0.765. The zero-order valence-electron chi connectivity index (χ0n) is 14.2. The third kappa shape index (κ3) is 4.84. The minimum atomic E-state index is 0. The lowest BCUT2D eigenvalue weighted by Crippen LogP contribution is -2.50. The molecule has 2 N–H and O–H groups in total. The minimum absolute atomic E-state index is 0. The van der Waals surface area contributed by atoms with Crippen LogP contribution < -0.4 is 5.32 Å². The predicted molar refractivity (Wildman–Crippen MR) is 105 cm³/mol. The summed E-state index contributed by atoms with van der Waals surface area (Å²) < 4.78 is 0. The van der Waals surface area contributed by atoms with Gasteiger partial charge in [0.1, 0.15) is 0 Å². The first-order valence-corrected chi connectivity index (χ1v) is 8.75. The third-order valence-corrected chi connectivity index (χ3v) is 5.33. The molecule has 0 amide bonds. The van der Waals surface area contributed by atoms with E-state index in [1.807, 2.05) is 13.1 Å². The van der Waals surface area contributed by atoms with E-state index >= 15 is 0 Å². The Labute approximate surface area is 156 Å².